The molecule has 2 amide bonds. The minimum Gasteiger partial charge on any atom is -0.495 e. The lowest BCUT2D eigenvalue weighted by Crippen LogP contribution is -2.54. The van der Waals surface area contributed by atoms with Gasteiger partial charge in [0.1, 0.15) is 22.8 Å². The molecule has 0 atom stereocenters. The molecule has 3 aromatic rings. The first-order valence-corrected chi connectivity index (χ1v) is 10.1. The van der Waals surface area contributed by atoms with E-state index in [2.05, 4.69) is 5.32 Å². The van der Waals surface area contributed by atoms with Crippen LogP contribution < -0.4 is 15.0 Å². The Balaban J connectivity index is 1.71. The normalized spacial score (nSPS) is 15.0. The van der Waals surface area contributed by atoms with E-state index in [-0.39, 0.29) is 22.1 Å². The van der Waals surface area contributed by atoms with Gasteiger partial charge in [-0.1, -0.05) is 18.2 Å². The molecule has 1 saturated heterocycles. The number of anilines is 1. The van der Waals surface area contributed by atoms with Crippen LogP contribution in [0.1, 0.15) is 11.3 Å². The largest absolute Gasteiger partial charge is 0.495 e. The van der Waals surface area contributed by atoms with Gasteiger partial charge in [0.25, 0.3) is 17.5 Å². The Morgan fingerprint density at radius 1 is 1.15 bits per heavy atom. The summed E-state index contributed by atoms with van der Waals surface area (Å²) in [5.74, 6) is -0.311. The second kappa shape index (κ2) is 8.67. The topological polar surface area (TPSA) is 115 Å². The first-order valence-electron chi connectivity index (χ1n) is 9.70. The average Bonchev–Trinajstić information content (AvgIpc) is 3.25. The van der Waals surface area contributed by atoms with Crippen molar-refractivity contribution in [3.8, 4) is 17.1 Å². The number of carbonyl (C=O) groups excluding carboxylic acids is 2. The van der Waals surface area contributed by atoms with Gasteiger partial charge >= 0.3 is 0 Å². The van der Waals surface area contributed by atoms with Crippen molar-refractivity contribution in [1.29, 1.82) is 0 Å². The van der Waals surface area contributed by atoms with Gasteiger partial charge in [0.15, 0.2) is 5.11 Å². The number of para-hydroxylation sites is 2. The third-order valence-corrected chi connectivity index (χ3v) is 5.32. The van der Waals surface area contributed by atoms with Crippen molar-refractivity contribution in [1.82, 2.24) is 5.32 Å². The maximum Gasteiger partial charge on any atom is 0.270 e. The lowest BCUT2D eigenvalue weighted by atomic mass is 10.1. The van der Waals surface area contributed by atoms with E-state index in [1.807, 2.05) is 0 Å². The molecule has 1 aliphatic heterocycles. The van der Waals surface area contributed by atoms with Crippen molar-refractivity contribution in [3.63, 3.8) is 0 Å². The quantitative estimate of drug-likeness (QED) is 0.200. The summed E-state index contributed by atoms with van der Waals surface area (Å²) in [5.41, 5.74) is 1.42. The van der Waals surface area contributed by atoms with Crippen LogP contribution >= 0.6 is 12.2 Å². The standard InChI is InChI=1S/C23H17N3O6S/c1-13-7-8-14(26(29)30)11-16(13)19-10-9-15(32-19)12-17-21(27)24-23(33)25(22(17)28)18-5-3-4-6-20(18)31-2/h3-12H,1-2H3,(H,24,27,33)/b17-12+. The molecule has 0 aliphatic carbocycles. The number of ether oxygens (including phenoxy) is 1. The molecule has 33 heavy (non-hydrogen) atoms. The summed E-state index contributed by atoms with van der Waals surface area (Å²) in [4.78, 5) is 37.5. The van der Waals surface area contributed by atoms with E-state index in [1.165, 1.54) is 30.2 Å². The lowest BCUT2D eigenvalue weighted by Gasteiger charge is -2.29. The fraction of sp³-hybridized carbons (Fsp3) is 0.0870. The highest BCUT2D eigenvalue weighted by atomic mass is 32.1. The Morgan fingerprint density at radius 3 is 2.64 bits per heavy atom. The number of benzene rings is 2. The van der Waals surface area contributed by atoms with E-state index in [0.29, 0.717) is 22.8 Å². The van der Waals surface area contributed by atoms with Crippen LogP contribution in [0.3, 0.4) is 0 Å². The lowest BCUT2D eigenvalue weighted by molar-refractivity contribution is -0.384. The van der Waals surface area contributed by atoms with Gasteiger partial charge in [-0.2, -0.15) is 0 Å². The number of non-ortho nitro benzene ring substituents is 1. The summed E-state index contributed by atoms with van der Waals surface area (Å²) in [6.45, 7) is 1.80. The van der Waals surface area contributed by atoms with Crippen molar-refractivity contribution in [2.75, 3.05) is 12.0 Å². The van der Waals surface area contributed by atoms with E-state index in [9.17, 15) is 19.7 Å². The summed E-state index contributed by atoms with van der Waals surface area (Å²) in [6.07, 6.45) is 1.30. The van der Waals surface area contributed by atoms with Crippen LogP contribution in [-0.4, -0.2) is 29.0 Å². The summed E-state index contributed by atoms with van der Waals surface area (Å²) < 4.78 is 11.1. The molecule has 1 aliphatic rings. The predicted octanol–water partition coefficient (Wildman–Crippen LogP) is 4.00. The summed E-state index contributed by atoms with van der Waals surface area (Å²) >= 11 is 5.22. The number of nitrogens with one attached hydrogen (secondary N) is 1. The highest BCUT2D eigenvalue weighted by Gasteiger charge is 2.36. The smallest absolute Gasteiger partial charge is 0.270 e. The number of methoxy groups -OCH3 is 1. The van der Waals surface area contributed by atoms with Gasteiger partial charge in [-0.3, -0.25) is 25.0 Å². The fourth-order valence-corrected chi connectivity index (χ4v) is 3.67. The third-order valence-electron chi connectivity index (χ3n) is 5.04. The Hall–Kier alpha value is -4.31. The minimum atomic E-state index is -0.666. The number of nitro groups is 1. The molecule has 10 heteroatoms. The van der Waals surface area contributed by atoms with Crippen LogP contribution in [0, 0.1) is 17.0 Å². The van der Waals surface area contributed by atoms with Crippen molar-refractivity contribution < 1.29 is 23.7 Å². The van der Waals surface area contributed by atoms with Gasteiger partial charge in [0.05, 0.1) is 17.7 Å². The zero-order valence-electron chi connectivity index (χ0n) is 17.5. The van der Waals surface area contributed by atoms with Crippen molar-refractivity contribution >= 4 is 46.6 Å². The van der Waals surface area contributed by atoms with Crippen molar-refractivity contribution in [3.05, 3.63) is 81.6 Å². The molecular weight excluding hydrogens is 446 g/mol. The molecule has 0 radical (unpaired) electrons. The van der Waals surface area contributed by atoms with Crippen molar-refractivity contribution in [2.45, 2.75) is 6.92 Å². The molecular formula is C23H17N3O6S. The second-order valence-corrected chi connectivity index (χ2v) is 7.47. The summed E-state index contributed by atoms with van der Waals surface area (Å²) in [6, 6.07) is 14.4. The van der Waals surface area contributed by atoms with E-state index in [1.54, 1.807) is 49.4 Å². The number of aryl methyl sites for hydroxylation is 1. The summed E-state index contributed by atoms with van der Waals surface area (Å²) in [5, 5.41) is 13.5. The zero-order chi connectivity index (χ0) is 23.7. The number of amides is 2. The zero-order valence-corrected chi connectivity index (χ0v) is 18.3. The van der Waals surface area contributed by atoms with Gasteiger partial charge in [0, 0.05) is 17.7 Å². The molecule has 166 valence electrons. The number of nitro benzene ring substituents is 1. The minimum absolute atomic E-state index is 0.0704. The number of carbonyl (C=O) groups is 2. The van der Waals surface area contributed by atoms with Crippen LogP contribution in [0.25, 0.3) is 17.4 Å². The number of hydrogen-bond acceptors (Lipinski definition) is 7. The molecule has 0 spiro atoms. The Bertz CT molecular complexity index is 1340. The highest BCUT2D eigenvalue weighted by Crippen LogP contribution is 2.32. The van der Waals surface area contributed by atoms with Gasteiger partial charge in [0.2, 0.25) is 0 Å². The van der Waals surface area contributed by atoms with E-state index in [4.69, 9.17) is 21.4 Å². The third kappa shape index (κ3) is 4.11. The van der Waals surface area contributed by atoms with Crippen LogP contribution in [0.4, 0.5) is 11.4 Å². The molecule has 2 heterocycles. The number of nitrogens with zero attached hydrogens (tertiary/aromatic N) is 2. The van der Waals surface area contributed by atoms with Gasteiger partial charge in [-0.05, 0) is 55.0 Å². The van der Waals surface area contributed by atoms with Crippen LogP contribution in [-0.2, 0) is 9.59 Å². The Labute approximate surface area is 193 Å². The van der Waals surface area contributed by atoms with E-state index < -0.39 is 16.7 Å². The summed E-state index contributed by atoms with van der Waals surface area (Å²) in [7, 11) is 1.46. The molecule has 4 rings (SSSR count). The van der Waals surface area contributed by atoms with Crippen LogP contribution in [0.5, 0.6) is 5.75 Å². The van der Waals surface area contributed by atoms with E-state index in [0.717, 1.165) is 5.56 Å². The first kappa shape index (κ1) is 21.9. The Kier molecular flexibility index (Phi) is 5.76. The number of rotatable bonds is 5. The molecule has 1 fully saturated rings. The highest BCUT2D eigenvalue weighted by molar-refractivity contribution is 7.80. The molecule has 0 bridgehead atoms. The maximum absolute atomic E-state index is 13.2. The SMILES string of the molecule is COc1ccccc1N1C(=O)/C(=C/c2ccc(-c3cc([N+](=O)[O-])ccc3C)o2)C(=O)NC1=S. The van der Waals surface area contributed by atoms with Crippen molar-refractivity contribution in [2.24, 2.45) is 0 Å². The molecule has 1 N–H and O–H groups in total. The molecule has 0 saturated carbocycles. The van der Waals surface area contributed by atoms with Gasteiger partial charge in [-0.25, -0.2) is 4.90 Å². The molecule has 2 aromatic carbocycles. The van der Waals surface area contributed by atoms with Gasteiger partial charge < -0.3 is 9.15 Å². The number of furan rings is 1. The van der Waals surface area contributed by atoms with Gasteiger partial charge in [-0.15, -0.1) is 0 Å². The second-order valence-electron chi connectivity index (χ2n) is 7.09. The van der Waals surface area contributed by atoms with Crippen LogP contribution in [0.15, 0.2) is 64.6 Å². The van der Waals surface area contributed by atoms with Crippen LogP contribution in [0.2, 0.25) is 0 Å². The molecule has 0 unspecified atom stereocenters. The fourth-order valence-electron chi connectivity index (χ4n) is 3.40. The predicted molar refractivity (Wildman–Crippen MR) is 125 cm³/mol. The molecule has 1 aromatic heterocycles. The average molecular weight is 463 g/mol. The number of hydrogen-bond donors (Lipinski definition) is 1. The van der Waals surface area contributed by atoms with E-state index >= 15 is 0 Å². The Morgan fingerprint density at radius 2 is 1.91 bits per heavy atom. The first-order chi connectivity index (χ1) is 15.8. The maximum atomic E-state index is 13.2. The number of thiocarbonyl (C=S) groups is 1. The monoisotopic (exact) mass is 463 g/mol. The molecule has 9 nitrogen and oxygen atoms in total.